The quantitative estimate of drug-likeness (QED) is 0.640. The molecule has 9 heteroatoms. The van der Waals surface area contributed by atoms with Gasteiger partial charge >= 0.3 is 5.69 Å². The largest absolute Gasteiger partial charge is 0.504 e. The van der Waals surface area contributed by atoms with Gasteiger partial charge in [-0.15, -0.1) is 0 Å². The third-order valence-corrected chi connectivity index (χ3v) is 3.22. The minimum Gasteiger partial charge on any atom is -0.504 e. The monoisotopic (exact) mass is 328 g/mol. The average molecular weight is 328 g/mol. The summed E-state index contributed by atoms with van der Waals surface area (Å²) in [5, 5.41) is 11.9. The Bertz CT molecular complexity index is 988. The van der Waals surface area contributed by atoms with E-state index in [2.05, 4.69) is 15.3 Å². The van der Waals surface area contributed by atoms with E-state index < -0.39 is 17.2 Å². The number of aromatic nitrogens is 3. The van der Waals surface area contributed by atoms with Crippen molar-refractivity contribution >= 4 is 11.7 Å². The van der Waals surface area contributed by atoms with Gasteiger partial charge in [0.15, 0.2) is 11.6 Å². The molecule has 3 N–H and O–H groups in total. The molecule has 1 amide bonds. The first-order valence-electron chi connectivity index (χ1n) is 6.86. The van der Waals surface area contributed by atoms with Gasteiger partial charge in [-0.25, -0.2) is 9.78 Å². The van der Waals surface area contributed by atoms with Gasteiger partial charge in [0.1, 0.15) is 11.3 Å². The van der Waals surface area contributed by atoms with Crippen LogP contribution in [0.2, 0.25) is 0 Å². The number of furan rings is 1. The number of carbonyl (C=O) groups is 1. The molecule has 3 aromatic rings. The number of hydrogen-bond acceptors (Lipinski definition) is 6. The fraction of sp³-hybridized carbons (Fsp3) is 0.0667. The standard InChI is InChI=1S/C15H12N4O5/c20-11-4-1-5-16-12(11)18-13(21)10-7-17-15(23)19(14(10)22)8-9-3-2-6-24-9/h1-7,20H,8H2,(H,17,23)(H,16,18,21). The summed E-state index contributed by atoms with van der Waals surface area (Å²) >= 11 is 0. The average Bonchev–Trinajstić information content (AvgIpc) is 3.06. The van der Waals surface area contributed by atoms with Crippen LogP contribution in [-0.2, 0) is 6.54 Å². The third kappa shape index (κ3) is 2.95. The van der Waals surface area contributed by atoms with Gasteiger partial charge in [-0.1, -0.05) is 0 Å². The molecule has 0 aliphatic rings. The summed E-state index contributed by atoms with van der Waals surface area (Å²) in [5.74, 6) is -0.752. The van der Waals surface area contributed by atoms with Crippen molar-refractivity contribution in [3.8, 4) is 5.75 Å². The molecule has 3 aromatic heterocycles. The van der Waals surface area contributed by atoms with Crippen LogP contribution in [-0.4, -0.2) is 25.5 Å². The predicted molar refractivity (Wildman–Crippen MR) is 83.0 cm³/mol. The number of anilines is 1. The lowest BCUT2D eigenvalue weighted by Crippen LogP contribution is -2.39. The number of nitrogens with zero attached hydrogens (tertiary/aromatic N) is 2. The number of pyridine rings is 1. The topological polar surface area (TPSA) is 130 Å². The Labute approximate surface area is 134 Å². The molecular formula is C15H12N4O5. The van der Waals surface area contributed by atoms with E-state index in [1.165, 1.54) is 24.6 Å². The van der Waals surface area contributed by atoms with Crippen molar-refractivity contribution in [1.29, 1.82) is 0 Å². The molecule has 0 bridgehead atoms. The van der Waals surface area contributed by atoms with Crippen LogP contribution in [0.15, 0.2) is 56.9 Å². The van der Waals surface area contributed by atoms with Crippen molar-refractivity contribution < 1.29 is 14.3 Å². The summed E-state index contributed by atoms with van der Waals surface area (Å²) in [5.41, 5.74) is -1.76. The molecular weight excluding hydrogens is 316 g/mol. The molecule has 122 valence electrons. The van der Waals surface area contributed by atoms with Gasteiger partial charge in [0.25, 0.3) is 11.5 Å². The Morgan fingerprint density at radius 1 is 1.33 bits per heavy atom. The van der Waals surface area contributed by atoms with E-state index in [-0.39, 0.29) is 23.7 Å². The minimum absolute atomic E-state index is 0.0920. The fourth-order valence-corrected chi connectivity index (χ4v) is 2.04. The van der Waals surface area contributed by atoms with E-state index in [0.29, 0.717) is 5.76 Å². The van der Waals surface area contributed by atoms with Gasteiger partial charge in [-0.05, 0) is 24.3 Å². The molecule has 0 unspecified atom stereocenters. The summed E-state index contributed by atoms with van der Waals surface area (Å²) in [7, 11) is 0. The summed E-state index contributed by atoms with van der Waals surface area (Å²) in [6.07, 6.45) is 3.80. The molecule has 0 spiro atoms. The molecule has 0 fully saturated rings. The highest BCUT2D eigenvalue weighted by Gasteiger charge is 2.17. The molecule has 0 saturated carbocycles. The first-order valence-corrected chi connectivity index (χ1v) is 6.86. The number of amides is 1. The van der Waals surface area contributed by atoms with Crippen LogP contribution in [0.1, 0.15) is 16.1 Å². The molecule has 3 heterocycles. The molecule has 24 heavy (non-hydrogen) atoms. The molecule has 9 nitrogen and oxygen atoms in total. The van der Waals surface area contributed by atoms with Gasteiger partial charge in [-0.2, -0.15) is 0 Å². The Morgan fingerprint density at radius 3 is 2.88 bits per heavy atom. The number of rotatable bonds is 4. The van der Waals surface area contributed by atoms with Crippen LogP contribution in [0, 0.1) is 0 Å². The smallest absolute Gasteiger partial charge is 0.328 e. The minimum atomic E-state index is -0.807. The zero-order valence-corrected chi connectivity index (χ0v) is 12.2. The van der Waals surface area contributed by atoms with Gasteiger partial charge in [0.2, 0.25) is 0 Å². The zero-order valence-electron chi connectivity index (χ0n) is 12.2. The summed E-state index contributed by atoms with van der Waals surface area (Å²) in [6.45, 7) is -0.114. The van der Waals surface area contributed by atoms with Crippen molar-refractivity contribution in [2.75, 3.05) is 5.32 Å². The zero-order chi connectivity index (χ0) is 17.1. The first-order chi connectivity index (χ1) is 11.6. The van der Waals surface area contributed by atoms with E-state index in [0.717, 1.165) is 10.8 Å². The predicted octanol–water partition coefficient (Wildman–Crippen LogP) is 0.531. The summed E-state index contributed by atoms with van der Waals surface area (Å²) < 4.78 is 5.94. The first kappa shape index (κ1) is 15.3. The fourth-order valence-electron chi connectivity index (χ4n) is 2.04. The van der Waals surface area contributed by atoms with Gasteiger partial charge in [0, 0.05) is 12.4 Å². The second kappa shape index (κ2) is 6.24. The molecule has 0 aromatic carbocycles. The summed E-state index contributed by atoms with van der Waals surface area (Å²) in [4.78, 5) is 42.6. The van der Waals surface area contributed by atoms with Crippen LogP contribution < -0.4 is 16.6 Å². The SMILES string of the molecule is O=C(Nc1ncccc1O)c1c[nH]c(=O)n(Cc2ccco2)c1=O. The van der Waals surface area contributed by atoms with E-state index in [4.69, 9.17) is 4.42 Å². The maximum atomic E-state index is 12.4. The molecule has 0 radical (unpaired) electrons. The van der Waals surface area contributed by atoms with Crippen molar-refractivity contribution in [1.82, 2.24) is 14.5 Å². The van der Waals surface area contributed by atoms with E-state index in [9.17, 15) is 19.5 Å². The second-order valence-corrected chi connectivity index (χ2v) is 4.80. The molecule has 0 saturated heterocycles. The number of nitrogens with one attached hydrogen (secondary N) is 2. The van der Waals surface area contributed by atoms with Crippen LogP contribution in [0.3, 0.4) is 0 Å². The lowest BCUT2D eigenvalue weighted by molar-refractivity contribution is 0.102. The molecule has 0 aliphatic heterocycles. The van der Waals surface area contributed by atoms with Crippen LogP contribution in [0.25, 0.3) is 0 Å². The van der Waals surface area contributed by atoms with E-state index in [1.807, 2.05) is 0 Å². The number of hydrogen-bond donors (Lipinski definition) is 3. The number of aromatic hydroxyl groups is 1. The van der Waals surface area contributed by atoms with E-state index >= 15 is 0 Å². The van der Waals surface area contributed by atoms with Crippen LogP contribution in [0.4, 0.5) is 5.82 Å². The van der Waals surface area contributed by atoms with Crippen molar-refractivity contribution in [3.63, 3.8) is 0 Å². The molecule has 0 atom stereocenters. The lowest BCUT2D eigenvalue weighted by atomic mass is 10.3. The van der Waals surface area contributed by atoms with Crippen LogP contribution >= 0.6 is 0 Å². The highest BCUT2D eigenvalue weighted by Crippen LogP contribution is 2.18. The Morgan fingerprint density at radius 2 is 2.17 bits per heavy atom. The Kier molecular flexibility index (Phi) is 3.98. The van der Waals surface area contributed by atoms with Gasteiger partial charge in [-0.3, -0.25) is 14.2 Å². The summed E-state index contributed by atoms with van der Waals surface area (Å²) in [6, 6.07) is 6.05. The maximum Gasteiger partial charge on any atom is 0.328 e. The lowest BCUT2D eigenvalue weighted by Gasteiger charge is -2.07. The third-order valence-electron chi connectivity index (χ3n) is 3.22. The normalized spacial score (nSPS) is 10.5. The van der Waals surface area contributed by atoms with Crippen LogP contribution in [0.5, 0.6) is 5.75 Å². The van der Waals surface area contributed by atoms with Crippen molar-refractivity contribution in [2.45, 2.75) is 6.54 Å². The van der Waals surface area contributed by atoms with Crippen molar-refractivity contribution in [2.24, 2.45) is 0 Å². The molecule has 0 aliphatic carbocycles. The number of H-pyrrole nitrogens is 1. The highest BCUT2D eigenvalue weighted by atomic mass is 16.3. The second-order valence-electron chi connectivity index (χ2n) is 4.80. The highest BCUT2D eigenvalue weighted by molar-refractivity contribution is 6.03. The Hall–Kier alpha value is -3.62. The Balaban J connectivity index is 1.94. The van der Waals surface area contributed by atoms with E-state index in [1.54, 1.807) is 12.1 Å². The molecule has 3 rings (SSSR count). The van der Waals surface area contributed by atoms with Gasteiger partial charge in [0.05, 0.1) is 12.8 Å². The number of aromatic amines is 1. The maximum absolute atomic E-state index is 12.4. The van der Waals surface area contributed by atoms with Gasteiger partial charge < -0.3 is 19.8 Å². The van der Waals surface area contributed by atoms with Crippen molar-refractivity contribution in [3.05, 3.63) is 75.1 Å². The number of carbonyl (C=O) groups excluding carboxylic acids is 1.